The number of thiazole rings is 1. The lowest BCUT2D eigenvalue weighted by Gasteiger charge is -2.25. The van der Waals surface area contributed by atoms with E-state index in [-0.39, 0.29) is 16.7 Å². The zero-order valence-corrected chi connectivity index (χ0v) is 22.4. The van der Waals surface area contributed by atoms with Crippen LogP contribution in [-0.2, 0) is 10.2 Å². The summed E-state index contributed by atoms with van der Waals surface area (Å²) in [6.45, 7) is 6.34. The molecular formula is C30H23ClN2O4S. The van der Waals surface area contributed by atoms with E-state index in [1.807, 2.05) is 48.5 Å². The van der Waals surface area contributed by atoms with E-state index in [1.54, 1.807) is 24.3 Å². The zero-order chi connectivity index (χ0) is 26.8. The molecule has 6 rings (SSSR count). The van der Waals surface area contributed by atoms with E-state index in [0.717, 1.165) is 15.8 Å². The Bertz CT molecular complexity index is 1740. The van der Waals surface area contributed by atoms with Gasteiger partial charge >= 0.3 is 0 Å². The number of fused-ring (bicyclic) bond motifs is 2. The zero-order valence-electron chi connectivity index (χ0n) is 20.9. The maximum atomic E-state index is 13.9. The van der Waals surface area contributed by atoms with E-state index < -0.39 is 23.5 Å². The van der Waals surface area contributed by atoms with Crippen molar-refractivity contribution >= 4 is 60.9 Å². The first kappa shape index (κ1) is 24.4. The average molecular weight is 543 g/mol. The van der Waals surface area contributed by atoms with E-state index in [9.17, 15) is 14.7 Å². The predicted octanol–water partition coefficient (Wildman–Crippen LogP) is 7.78. The maximum absolute atomic E-state index is 13.9. The number of nitrogens with zero attached hydrogens (tertiary/aromatic N) is 2. The molecule has 0 saturated carbocycles. The highest BCUT2D eigenvalue weighted by molar-refractivity contribution is 7.22. The van der Waals surface area contributed by atoms with Gasteiger partial charge < -0.3 is 9.52 Å². The number of Topliss-reactive ketones (excluding diaryl/α,β-unsaturated/α-hetero) is 1. The van der Waals surface area contributed by atoms with E-state index in [4.69, 9.17) is 16.0 Å². The topological polar surface area (TPSA) is 83.6 Å². The van der Waals surface area contributed by atoms with Gasteiger partial charge in [-0.25, -0.2) is 4.98 Å². The summed E-state index contributed by atoms with van der Waals surface area (Å²) in [5.74, 6) is -1.86. The second-order valence-electron chi connectivity index (χ2n) is 10.3. The summed E-state index contributed by atoms with van der Waals surface area (Å²) in [5.41, 5.74) is 2.86. The Kier molecular flexibility index (Phi) is 5.67. The van der Waals surface area contributed by atoms with Crippen molar-refractivity contribution in [3.63, 3.8) is 0 Å². The van der Waals surface area contributed by atoms with Crippen LogP contribution < -0.4 is 4.90 Å². The number of carbonyl (C=O) groups is 2. The van der Waals surface area contributed by atoms with Gasteiger partial charge in [0.1, 0.15) is 5.58 Å². The van der Waals surface area contributed by atoms with Crippen molar-refractivity contribution < 1.29 is 19.1 Å². The molecule has 2 aromatic heterocycles. The van der Waals surface area contributed by atoms with Gasteiger partial charge in [0.15, 0.2) is 16.7 Å². The van der Waals surface area contributed by atoms with Crippen molar-refractivity contribution in [2.24, 2.45) is 0 Å². The molecule has 1 atom stereocenters. The highest BCUT2D eigenvalue weighted by Gasteiger charge is 2.46. The van der Waals surface area contributed by atoms with E-state index in [1.165, 1.54) is 16.2 Å². The third-order valence-electron chi connectivity index (χ3n) is 6.74. The van der Waals surface area contributed by atoms with E-state index >= 15 is 0 Å². The summed E-state index contributed by atoms with van der Waals surface area (Å²) in [5, 5.41) is 12.7. The van der Waals surface area contributed by atoms with Crippen molar-refractivity contribution in [1.82, 2.24) is 4.98 Å². The highest BCUT2D eigenvalue weighted by Crippen LogP contribution is 2.44. The Morgan fingerprint density at radius 2 is 1.79 bits per heavy atom. The molecule has 0 aliphatic carbocycles. The number of ketones is 1. The predicted molar refractivity (Wildman–Crippen MR) is 150 cm³/mol. The number of furan rings is 1. The van der Waals surface area contributed by atoms with Crippen molar-refractivity contribution in [3.8, 4) is 0 Å². The lowest BCUT2D eigenvalue weighted by Crippen LogP contribution is -2.31. The molecule has 6 nitrogen and oxygen atoms in total. The SMILES string of the molecule is CC(C)(C)c1ccc(C2C(C(=O)c3cc4cc(Cl)ccc4o3)=C(O)C(=O)N2c2nc3ccccc3s2)cc1. The number of para-hydroxylation sites is 1. The highest BCUT2D eigenvalue weighted by atomic mass is 35.5. The van der Waals surface area contributed by atoms with Crippen molar-refractivity contribution in [2.75, 3.05) is 4.90 Å². The number of aliphatic hydroxyl groups is 1. The first-order valence-corrected chi connectivity index (χ1v) is 13.3. The Labute approximate surface area is 227 Å². The van der Waals surface area contributed by atoms with Crippen LogP contribution in [0.4, 0.5) is 5.13 Å². The molecule has 190 valence electrons. The number of halogens is 1. The monoisotopic (exact) mass is 542 g/mol. The average Bonchev–Trinajstić information content (AvgIpc) is 3.57. The summed E-state index contributed by atoms with van der Waals surface area (Å²) < 4.78 is 6.72. The minimum atomic E-state index is -0.888. The summed E-state index contributed by atoms with van der Waals surface area (Å²) in [4.78, 5) is 33.5. The van der Waals surface area contributed by atoms with Gasteiger partial charge in [-0.3, -0.25) is 14.5 Å². The van der Waals surface area contributed by atoms with Gasteiger partial charge in [-0.1, -0.05) is 80.1 Å². The van der Waals surface area contributed by atoms with Crippen LogP contribution in [-0.4, -0.2) is 21.8 Å². The molecule has 3 heterocycles. The number of hydrogen-bond acceptors (Lipinski definition) is 6. The van der Waals surface area contributed by atoms with Gasteiger partial charge in [0.25, 0.3) is 5.91 Å². The minimum Gasteiger partial charge on any atom is -0.503 e. The van der Waals surface area contributed by atoms with Gasteiger partial charge in [0.05, 0.1) is 21.8 Å². The van der Waals surface area contributed by atoms with Gasteiger partial charge in [-0.2, -0.15) is 0 Å². The molecule has 1 unspecified atom stereocenters. The van der Waals surface area contributed by atoms with Crippen LogP contribution in [0.3, 0.4) is 0 Å². The molecule has 38 heavy (non-hydrogen) atoms. The molecule has 3 aromatic carbocycles. The number of aliphatic hydroxyl groups excluding tert-OH is 1. The van der Waals surface area contributed by atoms with Crippen molar-refractivity contribution in [1.29, 1.82) is 0 Å². The van der Waals surface area contributed by atoms with Gasteiger partial charge in [0, 0.05) is 10.4 Å². The van der Waals surface area contributed by atoms with E-state index in [0.29, 0.717) is 26.7 Å². The molecule has 1 N–H and O–H groups in total. The Morgan fingerprint density at radius 1 is 1.05 bits per heavy atom. The fourth-order valence-corrected chi connectivity index (χ4v) is 5.91. The number of anilines is 1. The van der Waals surface area contributed by atoms with Crippen LogP contribution in [0.15, 0.2) is 88.5 Å². The third kappa shape index (κ3) is 3.99. The lowest BCUT2D eigenvalue weighted by atomic mass is 9.85. The van der Waals surface area contributed by atoms with Crippen LogP contribution in [0.25, 0.3) is 21.2 Å². The van der Waals surface area contributed by atoms with Gasteiger partial charge in [-0.15, -0.1) is 0 Å². The molecule has 0 radical (unpaired) electrons. The largest absolute Gasteiger partial charge is 0.503 e. The molecule has 8 heteroatoms. The summed E-state index contributed by atoms with van der Waals surface area (Å²) in [7, 11) is 0. The molecule has 5 aromatic rings. The smallest absolute Gasteiger partial charge is 0.296 e. The van der Waals surface area contributed by atoms with Gasteiger partial charge in [0.2, 0.25) is 5.78 Å². The summed E-state index contributed by atoms with van der Waals surface area (Å²) in [6.07, 6.45) is 0. The van der Waals surface area contributed by atoms with Crippen LogP contribution in [0, 0.1) is 0 Å². The van der Waals surface area contributed by atoms with Crippen LogP contribution in [0.1, 0.15) is 48.5 Å². The fraction of sp³-hybridized carbons (Fsp3) is 0.167. The number of amides is 1. The molecule has 1 aliphatic heterocycles. The van der Waals surface area contributed by atoms with E-state index in [2.05, 4.69) is 25.8 Å². The Morgan fingerprint density at radius 3 is 2.50 bits per heavy atom. The number of aromatic nitrogens is 1. The molecular weight excluding hydrogens is 520 g/mol. The summed E-state index contributed by atoms with van der Waals surface area (Å²) in [6, 6.07) is 21.0. The number of benzene rings is 3. The maximum Gasteiger partial charge on any atom is 0.296 e. The normalized spacial score (nSPS) is 16.3. The Hall–Kier alpha value is -3.94. The number of carbonyl (C=O) groups excluding carboxylic acids is 2. The Balaban J connectivity index is 1.50. The second kappa shape index (κ2) is 8.82. The van der Waals surface area contributed by atoms with Crippen LogP contribution >= 0.6 is 22.9 Å². The number of hydrogen-bond donors (Lipinski definition) is 1. The first-order chi connectivity index (χ1) is 18.1. The third-order valence-corrected chi connectivity index (χ3v) is 8.01. The van der Waals surface area contributed by atoms with Crippen molar-refractivity contribution in [3.05, 3.63) is 106 Å². The van der Waals surface area contributed by atoms with Crippen LogP contribution in [0.5, 0.6) is 0 Å². The molecule has 1 aliphatic rings. The number of rotatable bonds is 4. The lowest BCUT2D eigenvalue weighted by molar-refractivity contribution is -0.117. The molecule has 1 amide bonds. The molecule has 0 spiro atoms. The quantitative estimate of drug-likeness (QED) is 0.234. The first-order valence-electron chi connectivity index (χ1n) is 12.1. The minimum absolute atomic E-state index is 0.0130. The standard InChI is InChI=1S/C30H23ClN2O4S/c1-30(2,3)18-10-8-16(9-11-18)25-24(26(34)22-15-17-14-19(31)12-13-21(17)37-22)27(35)28(36)33(25)29-32-20-6-4-5-7-23(20)38-29/h4-15,25,35H,1-3H3. The van der Waals surface area contributed by atoms with Crippen LogP contribution in [0.2, 0.25) is 5.02 Å². The fourth-order valence-electron chi connectivity index (χ4n) is 4.74. The molecule has 0 saturated heterocycles. The molecule has 0 fully saturated rings. The van der Waals surface area contributed by atoms with Gasteiger partial charge in [-0.05, 0) is 52.9 Å². The second-order valence-corrected chi connectivity index (χ2v) is 11.7. The van der Waals surface area contributed by atoms with Crippen molar-refractivity contribution in [2.45, 2.75) is 32.2 Å². The summed E-state index contributed by atoms with van der Waals surface area (Å²) >= 11 is 7.44. The molecule has 0 bridgehead atoms.